The Bertz CT molecular complexity index is 547. The molecule has 0 saturated carbocycles. The SMILES string of the molecule is Cn1nccc1CNc1ccccc1CC(N)=O. The van der Waals surface area contributed by atoms with Gasteiger partial charge < -0.3 is 11.1 Å². The Morgan fingerprint density at radius 2 is 2.17 bits per heavy atom. The van der Waals surface area contributed by atoms with E-state index in [0.29, 0.717) is 6.54 Å². The van der Waals surface area contributed by atoms with E-state index in [4.69, 9.17) is 5.73 Å². The number of amides is 1. The highest BCUT2D eigenvalue weighted by molar-refractivity contribution is 5.78. The second kappa shape index (κ2) is 5.35. The van der Waals surface area contributed by atoms with Gasteiger partial charge in [-0.2, -0.15) is 5.10 Å². The molecule has 0 atom stereocenters. The number of carbonyl (C=O) groups excluding carboxylic acids is 1. The molecule has 1 amide bonds. The summed E-state index contributed by atoms with van der Waals surface area (Å²) < 4.78 is 1.81. The monoisotopic (exact) mass is 244 g/mol. The highest BCUT2D eigenvalue weighted by Gasteiger charge is 2.05. The van der Waals surface area contributed by atoms with E-state index in [9.17, 15) is 4.79 Å². The van der Waals surface area contributed by atoms with Gasteiger partial charge in [0, 0.05) is 18.9 Å². The van der Waals surface area contributed by atoms with Gasteiger partial charge in [0.25, 0.3) is 0 Å². The molecule has 0 spiro atoms. The molecule has 0 unspecified atom stereocenters. The highest BCUT2D eigenvalue weighted by atomic mass is 16.1. The van der Waals surface area contributed by atoms with Crippen molar-refractivity contribution in [2.24, 2.45) is 12.8 Å². The molecule has 2 aromatic rings. The van der Waals surface area contributed by atoms with E-state index >= 15 is 0 Å². The number of para-hydroxylation sites is 1. The summed E-state index contributed by atoms with van der Waals surface area (Å²) in [5.74, 6) is -0.329. The van der Waals surface area contributed by atoms with Gasteiger partial charge in [0.05, 0.1) is 18.7 Å². The third-order valence-corrected chi connectivity index (χ3v) is 2.76. The molecule has 1 heterocycles. The predicted octanol–water partition coefficient (Wildman–Crippen LogP) is 1.06. The molecule has 0 fully saturated rings. The molecule has 0 aliphatic heterocycles. The van der Waals surface area contributed by atoms with E-state index < -0.39 is 0 Å². The fourth-order valence-corrected chi connectivity index (χ4v) is 1.80. The topological polar surface area (TPSA) is 72.9 Å². The van der Waals surface area contributed by atoms with Crippen molar-refractivity contribution in [2.45, 2.75) is 13.0 Å². The van der Waals surface area contributed by atoms with Crippen LogP contribution in [0, 0.1) is 0 Å². The molecule has 0 radical (unpaired) electrons. The maximum atomic E-state index is 11.0. The summed E-state index contributed by atoms with van der Waals surface area (Å²) in [7, 11) is 1.90. The zero-order valence-electron chi connectivity index (χ0n) is 10.3. The first-order valence-corrected chi connectivity index (χ1v) is 5.74. The molecule has 0 saturated heterocycles. The summed E-state index contributed by atoms with van der Waals surface area (Å²) in [6.07, 6.45) is 2.00. The van der Waals surface area contributed by atoms with E-state index in [1.807, 2.05) is 42.1 Å². The Labute approximate surface area is 106 Å². The number of carbonyl (C=O) groups is 1. The number of benzene rings is 1. The molecule has 1 aromatic heterocycles. The summed E-state index contributed by atoms with van der Waals surface area (Å²) in [5, 5.41) is 7.40. The van der Waals surface area contributed by atoms with Crippen molar-refractivity contribution >= 4 is 11.6 Å². The van der Waals surface area contributed by atoms with Crippen LogP contribution in [0.25, 0.3) is 0 Å². The van der Waals surface area contributed by atoms with Crippen molar-refractivity contribution in [1.29, 1.82) is 0 Å². The third kappa shape index (κ3) is 2.88. The number of rotatable bonds is 5. The number of anilines is 1. The van der Waals surface area contributed by atoms with Gasteiger partial charge in [0.2, 0.25) is 5.91 Å². The summed E-state index contributed by atoms with van der Waals surface area (Å²) in [6.45, 7) is 0.659. The molecule has 1 aromatic carbocycles. The molecule has 2 rings (SSSR count). The number of aromatic nitrogens is 2. The zero-order chi connectivity index (χ0) is 13.0. The van der Waals surface area contributed by atoms with E-state index in [2.05, 4.69) is 10.4 Å². The van der Waals surface area contributed by atoms with Crippen LogP contribution in [-0.4, -0.2) is 15.7 Å². The molecule has 5 heteroatoms. The molecule has 0 bridgehead atoms. The Morgan fingerprint density at radius 3 is 2.83 bits per heavy atom. The smallest absolute Gasteiger partial charge is 0.221 e. The van der Waals surface area contributed by atoms with Gasteiger partial charge in [-0.25, -0.2) is 0 Å². The molecule has 0 aliphatic rings. The first-order chi connectivity index (χ1) is 8.66. The third-order valence-electron chi connectivity index (χ3n) is 2.76. The largest absolute Gasteiger partial charge is 0.379 e. The first kappa shape index (κ1) is 12.2. The molecular weight excluding hydrogens is 228 g/mol. The van der Waals surface area contributed by atoms with Crippen LogP contribution in [0.5, 0.6) is 0 Å². The number of hydrogen-bond acceptors (Lipinski definition) is 3. The lowest BCUT2D eigenvalue weighted by atomic mass is 10.1. The molecule has 5 nitrogen and oxygen atoms in total. The van der Waals surface area contributed by atoms with Gasteiger partial charge >= 0.3 is 0 Å². The van der Waals surface area contributed by atoms with Crippen LogP contribution in [-0.2, 0) is 24.8 Å². The van der Waals surface area contributed by atoms with E-state index in [-0.39, 0.29) is 12.3 Å². The highest BCUT2D eigenvalue weighted by Crippen LogP contribution is 2.16. The zero-order valence-corrected chi connectivity index (χ0v) is 10.3. The van der Waals surface area contributed by atoms with Gasteiger partial charge in [0.1, 0.15) is 0 Å². The standard InChI is InChI=1S/C13H16N4O/c1-17-11(6-7-16-17)9-15-12-5-3-2-4-10(12)8-13(14)18/h2-7,15H,8-9H2,1H3,(H2,14,18). The average molecular weight is 244 g/mol. The average Bonchev–Trinajstić information content (AvgIpc) is 2.73. The van der Waals surface area contributed by atoms with Crippen LogP contribution < -0.4 is 11.1 Å². The van der Waals surface area contributed by atoms with Crippen molar-refractivity contribution in [3.8, 4) is 0 Å². The minimum atomic E-state index is -0.329. The van der Waals surface area contributed by atoms with Crippen LogP contribution in [0.15, 0.2) is 36.5 Å². The lowest BCUT2D eigenvalue weighted by Crippen LogP contribution is -2.15. The summed E-state index contributed by atoms with van der Waals surface area (Å²) in [5.41, 5.74) is 8.14. The normalized spacial score (nSPS) is 10.3. The number of aryl methyl sites for hydroxylation is 1. The second-order valence-corrected chi connectivity index (χ2v) is 4.10. The lowest BCUT2D eigenvalue weighted by molar-refractivity contribution is -0.117. The van der Waals surface area contributed by atoms with Crippen LogP contribution >= 0.6 is 0 Å². The molecule has 94 valence electrons. The minimum Gasteiger partial charge on any atom is -0.379 e. The Kier molecular flexibility index (Phi) is 3.62. The number of nitrogens with zero attached hydrogens (tertiary/aromatic N) is 2. The van der Waals surface area contributed by atoms with Gasteiger partial charge in [-0.15, -0.1) is 0 Å². The number of nitrogens with one attached hydrogen (secondary N) is 1. The second-order valence-electron chi connectivity index (χ2n) is 4.10. The minimum absolute atomic E-state index is 0.245. The van der Waals surface area contributed by atoms with Gasteiger partial charge in [-0.3, -0.25) is 9.48 Å². The van der Waals surface area contributed by atoms with Gasteiger partial charge in [-0.1, -0.05) is 18.2 Å². The van der Waals surface area contributed by atoms with Crippen molar-refractivity contribution < 1.29 is 4.79 Å². The Hall–Kier alpha value is -2.30. The molecule has 3 N–H and O–H groups in total. The number of primary amides is 1. The van der Waals surface area contributed by atoms with Crippen LogP contribution in [0.2, 0.25) is 0 Å². The summed E-state index contributed by atoms with van der Waals surface area (Å²) in [4.78, 5) is 11.0. The Morgan fingerprint density at radius 1 is 1.39 bits per heavy atom. The van der Waals surface area contributed by atoms with Crippen molar-refractivity contribution in [2.75, 3.05) is 5.32 Å². The summed E-state index contributed by atoms with van der Waals surface area (Å²) >= 11 is 0. The maximum Gasteiger partial charge on any atom is 0.221 e. The number of hydrogen-bond donors (Lipinski definition) is 2. The Balaban J connectivity index is 2.09. The fourth-order valence-electron chi connectivity index (χ4n) is 1.80. The van der Waals surface area contributed by atoms with Crippen LogP contribution in [0.4, 0.5) is 5.69 Å². The fraction of sp³-hybridized carbons (Fsp3) is 0.231. The van der Waals surface area contributed by atoms with Crippen molar-refractivity contribution in [1.82, 2.24) is 9.78 Å². The molecule has 18 heavy (non-hydrogen) atoms. The number of nitrogens with two attached hydrogens (primary N) is 1. The maximum absolute atomic E-state index is 11.0. The molecule has 0 aliphatic carbocycles. The van der Waals surface area contributed by atoms with Gasteiger partial charge in [-0.05, 0) is 17.7 Å². The van der Waals surface area contributed by atoms with Crippen molar-refractivity contribution in [3.63, 3.8) is 0 Å². The lowest BCUT2D eigenvalue weighted by Gasteiger charge is -2.11. The van der Waals surface area contributed by atoms with Crippen LogP contribution in [0.1, 0.15) is 11.3 Å². The predicted molar refractivity (Wildman–Crippen MR) is 69.9 cm³/mol. The van der Waals surface area contributed by atoms with E-state index in [1.165, 1.54) is 0 Å². The summed E-state index contributed by atoms with van der Waals surface area (Å²) in [6, 6.07) is 9.61. The van der Waals surface area contributed by atoms with Crippen LogP contribution in [0.3, 0.4) is 0 Å². The van der Waals surface area contributed by atoms with Gasteiger partial charge in [0.15, 0.2) is 0 Å². The molecular formula is C13H16N4O. The van der Waals surface area contributed by atoms with E-state index in [0.717, 1.165) is 16.9 Å². The quantitative estimate of drug-likeness (QED) is 0.826. The first-order valence-electron chi connectivity index (χ1n) is 5.74. The van der Waals surface area contributed by atoms with E-state index in [1.54, 1.807) is 6.20 Å². The van der Waals surface area contributed by atoms with Crippen molar-refractivity contribution in [3.05, 3.63) is 47.8 Å².